The molecule has 2 aromatic rings. The van der Waals surface area contributed by atoms with Crippen LogP contribution in [0, 0.1) is 11.6 Å². The van der Waals surface area contributed by atoms with Gasteiger partial charge in [-0.15, -0.1) is 0 Å². The van der Waals surface area contributed by atoms with Crippen LogP contribution in [0.4, 0.5) is 18.9 Å². The van der Waals surface area contributed by atoms with Crippen LogP contribution >= 0.6 is 0 Å². The highest BCUT2D eigenvalue weighted by molar-refractivity contribution is 6.03. The summed E-state index contributed by atoms with van der Waals surface area (Å²) in [6.07, 6.45) is 3.31. The van der Waals surface area contributed by atoms with Crippen LogP contribution in [-0.4, -0.2) is 41.7 Å². The number of halogens is 3. The van der Waals surface area contributed by atoms with Gasteiger partial charge in [0.1, 0.15) is 17.8 Å². The Kier molecular flexibility index (Phi) is 4.98. The van der Waals surface area contributed by atoms with Crippen LogP contribution in [0.25, 0.3) is 11.1 Å². The third-order valence-electron chi connectivity index (χ3n) is 5.57. The van der Waals surface area contributed by atoms with Gasteiger partial charge in [0, 0.05) is 48.7 Å². The van der Waals surface area contributed by atoms with Crippen LogP contribution in [0.3, 0.4) is 0 Å². The minimum absolute atomic E-state index is 0.223. The fourth-order valence-electron chi connectivity index (χ4n) is 3.99. The lowest BCUT2D eigenvalue weighted by Crippen LogP contribution is -2.45. The van der Waals surface area contributed by atoms with Gasteiger partial charge in [-0.2, -0.15) is 0 Å². The molecule has 0 bridgehead atoms. The molecule has 1 amide bonds. The third kappa shape index (κ3) is 4.07. The summed E-state index contributed by atoms with van der Waals surface area (Å²) in [6, 6.07) is 2.99. The Labute approximate surface area is 167 Å². The monoisotopic (exact) mass is 404 g/mol. The summed E-state index contributed by atoms with van der Waals surface area (Å²) in [5, 5.41) is 2.82. The quantitative estimate of drug-likeness (QED) is 0.821. The Morgan fingerprint density at radius 3 is 2.52 bits per heavy atom. The number of anilines is 1. The molecule has 5 nitrogen and oxygen atoms in total. The molecule has 154 valence electrons. The zero-order chi connectivity index (χ0) is 20.8. The number of carbonyl (C=O) groups excluding carboxylic acids is 1. The SMILES string of the molecule is C[C@]1(N)CCN(c2c(C(=O)NC3CC(F)C3)cncc2-c2cc(F)cc(F)c2)C1. The number of aromatic nitrogens is 1. The molecule has 1 aromatic carbocycles. The van der Waals surface area contributed by atoms with Gasteiger partial charge >= 0.3 is 0 Å². The number of amides is 1. The van der Waals surface area contributed by atoms with E-state index >= 15 is 0 Å². The molecule has 0 spiro atoms. The predicted octanol–water partition coefficient (Wildman–Crippen LogP) is 3.18. The Bertz CT molecular complexity index is 923. The Balaban J connectivity index is 1.77. The van der Waals surface area contributed by atoms with Crippen LogP contribution in [-0.2, 0) is 0 Å². The van der Waals surface area contributed by atoms with Crippen molar-refractivity contribution < 1.29 is 18.0 Å². The molecule has 1 saturated carbocycles. The van der Waals surface area contributed by atoms with Crippen molar-refractivity contribution in [1.82, 2.24) is 10.3 Å². The molecule has 1 aliphatic carbocycles. The maximum Gasteiger partial charge on any atom is 0.255 e. The van der Waals surface area contributed by atoms with Crippen molar-refractivity contribution in [3.63, 3.8) is 0 Å². The van der Waals surface area contributed by atoms with Gasteiger partial charge in [-0.3, -0.25) is 9.78 Å². The largest absolute Gasteiger partial charge is 0.368 e. The van der Waals surface area contributed by atoms with Gasteiger partial charge < -0.3 is 16.0 Å². The van der Waals surface area contributed by atoms with Crippen LogP contribution in [0.5, 0.6) is 0 Å². The third-order valence-corrected chi connectivity index (χ3v) is 5.57. The fourth-order valence-corrected chi connectivity index (χ4v) is 3.99. The van der Waals surface area contributed by atoms with Crippen molar-refractivity contribution in [2.45, 2.75) is 43.9 Å². The summed E-state index contributed by atoms with van der Waals surface area (Å²) in [7, 11) is 0. The van der Waals surface area contributed by atoms with Crippen LogP contribution in [0.15, 0.2) is 30.6 Å². The van der Waals surface area contributed by atoms with Crippen LogP contribution < -0.4 is 16.0 Å². The fraction of sp³-hybridized carbons (Fsp3) is 0.429. The molecular weight excluding hydrogens is 381 g/mol. The molecule has 2 fully saturated rings. The second-order valence-corrected chi connectivity index (χ2v) is 8.31. The maximum atomic E-state index is 13.9. The minimum Gasteiger partial charge on any atom is -0.368 e. The molecule has 1 saturated heterocycles. The van der Waals surface area contributed by atoms with E-state index < -0.39 is 23.3 Å². The zero-order valence-corrected chi connectivity index (χ0v) is 16.1. The van der Waals surface area contributed by atoms with Crippen molar-refractivity contribution in [2.24, 2.45) is 5.73 Å². The van der Waals surface area contributed by atoms with Gasteiger partial charge in [0.15, 0.2) is 0 Å². The Morgan fingerprint density at radius 2 is 1.93 bits per heavy atom. The number of carbonyl (C=O) groups is 1. The highest BCUT2D eigenvalue weighted by Crippen LogP contribution is 2.37. The number of benzene rings is 1. The van der Waals surface area contributed by atoms with E-state index in [-0.39, 0.29) is 35.9 Å². The molecule has 3 N–H and O–H groups in total. The van der Waals surface area contributed by atoms with Crippen molar-refractivity contribution in [3.8, 4) is 11.1 Å². The molecular formula is C21H23F3N4O. The number of rotatable bonds is 4. The molecule has 1 atom stereocenters. The molecule has 8 heteroatoms. The standard InChI is InChI=1S/C21H23F3N4O/c1-21(25)2-3-28(11-21)19-17(12-4-13(22)6-14(23)5-12)9-26-10-18(19)20(29)27-16-7-15(24)8-16/h4-6,9-10,15-16H,2-3,7-8,11,25H2,1H3,(H,27,29)/t15?,16?,21-/m0/s1. The van der Waals surface area contributed by atoms with Crippen LogP contribution in [0.1, 0.15) is 36.5 Å². The van der Waals surface area contributed by atoms with Crippen molar-refractivity contribution in [3.05, 3.63) is 47.8 Å². The molecule has 0 radical (unpaired) electrons. The molecule has 2 aliphatic rings. The van der Waals surface area contributed by atoms with Gasteiger partial charge in [-0.05, 0) is 43.9 Å². The number of hydrogen-bond donors (Lipinski definition) is 2. The van der Waals surface area contributed by atoms with Crippen molar-refractivity contribution in [2.75, 3.05) is 18.0 Å². The molecule has 4 rings (SSSR count). The van der Waals surface area contributed by atoms with E-state index in [0.29, 0.717) is 30.8 Å². The number of nitrogens with zero attached hydrogens (tertiary/aromatic N) is 2. The second-order valence-electron chi connectivity index (χ2n) is 8.31. The van der Waals surface area contributed by atoms with Crippen molar-refractivity contribution in [1.29, 1.82) is 0 Å². The summed E-state index contributed by atoms with van der Waals surface area (Å²) < 4.78 is 40.9. The molecule has 29 heavy (non-hydrogen) atoms. The lowest BCUT2D eigenvalue weighted by Gasteiger charge is -2.31. The molecule has 0 unspecified atom stereocenters. The number of alkyl halides is 1. The first-order valence-corrected chi connectivity index (χ1v) is 9.65. The van der Waals surface area contributed by atoms with E-state index in [2.05, 4.69) is 10.3 Å². The number of nitrogens with one attached hydrogen (secondary N) is 1. The summed E-state index contributed by atoms with van der Waals surface area (Å²) in [6.45, 7) is 3.00. The van der Waals surface area contributed by atoms with E-state index in [0.717, 1.165) is 6.07 Å². The minimum atomic E-state index is -0.893. The Hall–Kier alpha value is -2.61. The van der Waals surface area contributed by atoms with Gasteiger partial charge in [0.05, 0.1) is 11.3 Å². The smallest absolute Gasteiger partial charge is 0.255 e. The predicted molar refractivity (Wildman–Crippen MR) is 104 cm³/mol. The highest BCUT2D eigenvalue weighted by Gasteiger charge is 2.35. The number of nitrogens with two attached hydrogens (primary N) is 1. The summed E-state index contributed by atoms with van der Waals surface area (Å²) in [5.74, 6) is -1.81. The normalized spacial score (nSPS) is 26.3. The van der Waals surface area contributed by atoms with Gasteiger partial charge in [-0.25, -0.2) is 13.2 Å². The zero-order valence-electron chi connectivity index (χ0n) is 16.1. The van der Waals surface area contributed by atoms with Crippen LogP contribution in [0.2, 0.25) is 0 Å². The maximum absolute atomic E-state index is 13.9. The average molecular weight is 404 g/mol. The average Bonchev–Trinajstić information content (AvgIpc) is 2.98. The second kappa shape index (κ2) is 7.33. The first-order valence-electron chi connectivity index (χ1n) is 9.65. The lowest BCUT2D eigenvalue weighted by atomic mass is 9.90. The molecule has 1 aliphatic heterocycles. The molecule has 2 heterocycles. The van der Waals surface area contributed by atoms with E-state index in [9.17, 15) is 18.0 Å². The van der Waals surface area contributed by atoms with Gasteiger partial charge in [0.2, 0.25) is 0 Å². The molecule has 1 aromatic heterocycles. The summed E-state index contributed by atoms with van der Waals surface area (Å²) in [5.41, 5.74) is 7.39. The van der Waals surface area contributed by atoms with E-state index in [1.54, 1.807) is 0 Å². The van der Waals surface area contributed by atoms with E-state index in [1.807, 2.05) is 11.8 Å². The first kappa shape index (κ1) is 19.7. The van der Waals surface area contributed by atoms with Gasteiger partial charge in [0.25, 0.3) is 5.91 Å². The van der Waals surface area contributed by atoms with Gasteiger partial charge in [-0.1, -0.05) is 0 Å². The summed E-state index contributed by atoms with van der Waals surface area (Å²) >= 11 is 0. The number of pyridine rings is 1. The lowest BCUT2D eigenvalue weighted by molar-refractivity contribution is 0.0860. The van der Waals surface area contributed by atoms with Crippen molar-refractivity contribution >= 4 is 11.6 Å². The van der Waals surface area contributed by atoms with E-state index in [4.69, 9.17) is 5.73 Å². The topological polar surface area (TPSA) is 71.2 Å². The van der Waals surface area contributed by atoms with E-state index in [1.165, 1.54) is 24.5 Å². The highest BCUT2D eigenvalue weighted by atomic mass is 19.1. The Morgan fingerprint density at radius 1 is 1.24 bits per heavy atom. The number of hydrogen-bond acceptors (Lipinski definition) is 4. The first-order chi connectivity index (χ1) is 13.7. The summed E-state index contributed by atoms with van der Waals surface area (Å²) in [4.78, 5) is 19.0.